The van der Waals surface area contributed by atoms with Gasteiger partial charge < -0.3 is 20.1 Å². The topological polar surface area (TPSA) is 122 Å². The number of anilines is 1. The summed E-state index contributed by atoms with van der Waals surface area (Å²) in [4.78, 5) is 36.5. The van der Waals surface area contributed by atoms with E-state index in [9.17, 15) is 19.7 Å². The molecule has 148 valence electrons. The van der Waals surface area contributed by atoms with Crippen molar-refractivity contribution in [3.63, 3.8) is 0 Å². The molecule has 1 amide bonds. The summed E-state index contributed by atoms with van der Waals surface area (Å²) in [5.41, 5.74) is 0.343. The van der Waals surface area contributed by atoms with E-state index in [0.29, 0.717) is 30.6 Å². The molecule has 1 heterocycles. The van der Waals surface area contributed by atoms with E-state index >= 15 is 0 Å². The molecule has 1 aromatic rings. The summed E-state index contributed by atoms with van der Waals surface area (Å²) in [6.45, 7) is 5.44. The van der Waals surface area contributed by atoms with Gasteiger partial charge in [-0.25, -0.2) is 4.79 Å². The zero-order valence-corrected chi connectivity index (χ0v) is 15.7. The maximum Gasteiger partial charge on any atom is 0.328 e. The molecule has 9 nitrogen and oxygen atoms in total. The minimum atomic E-state index is -1.24. The molecule has 9 heteroatoms. The lowest BCUT2D eigenvalue weighted by molar-refractivity contribution is -0.384. The molecule has 27 heavy (non-hydrogen) atoms. The lowest BCUT2D eigenvalue weighted by atomic mass is 9.91. The SMILES string of the molecule is COCC(NC(=O)c1ccc(N2CC(C)CC(C)C2)c([N+](=O)[O-])c1)C(=O)O. The van der Waals surface area contributed by atoms with Crippen LogP contribution in [0.2, 0.25) is 0 Å². The Morgan fingerprint density at radius 3 is 2.52 bits per heavy atom. The Labute approximate surface area is 157 Å². The molecule has 1 saturated heterocycles. The van der Waals surface area contributed by atoms with Crippen molar-refractivity contribution in [3.8, 4) is 0 Å². The number of benzene rings is 1. The number of carbonyl (C=O) groups excluding carboxylic acids is 1. The molecule has 2 N–H and O–H groups in total. The standard InChI is InChI=1S/C18H25N3O6/c1-11-6-12(2)9-20(8-11)15-5-4-13(7-16(15)21(25)26)17(22)19-14(10-27-3)18(23)24/h4-5,7,11-12,14H,6,8-10H2,1-3H3,(H,19,22)(H,23,24). The molecular formula is C18H25N3O6. The number of carboxylic acid groups (broad SMARTS) is 1. The smallest absolute Gasteiger partial charge is 0.328 e. The number of hydrogen-bond donors (Lipinski definition) is 2. The van der Waals surface area contributed by atoms with Crippen molar-refractivity contribution in [1.82, 2.24) is 5.32 Å². The normalized spacial score (nSPS) is 20.8. The first kappa shape index (κ1) is 20.6. The van der Waals surface area contributed by atoms with Crippen molar-refractivity contribution in [2.24, 2.45) is 11.8 Å². The first-order chi connectivity index (χ1) is 12.7. The second kappa shape index (κ2) is 8.81. The number of carbonyl (C=O) groups is 2. The maximum atomic E-state index is 12.3. The van der Waals surface area contributed by atoms with Crippen molar-refractivity contribution in [2.45, 2.75) is 26.3 Å². The van der Waals surface area contributed by atoms with Crippen LogP contribution in [0, 0.1) is 22.0 Å². The van der Waals surface area contributed by atoms with Gasteiger partial charge in [0.2, 0.25) is 0 Å². The number of rotatable bonds is 7. The number of carboxylic acids is 1. The molecule has 0 aromatic heterocycles. The summed E-state index contributed by atoms with van der Waals surface area (Å²) >= 11 is 0. The number of amides is 1. The van der Waals surface area contributed by atoms with E-state index < -0.39 is 22.8 Å². The van der Waals surface area contributed by atoms with Crippen LogP contribution in [0.1, 0.15) is 30.6 Å². The quantitative estimate of drug-likeness (QED) is 0.548. The fourth-order valence-corrected chi connectivity index (χ4v) is 3.52. The fraction of sp³-hybridized carbons (Fsp3) is 0.556. The molecule has 0 radical (unpaired) electrons. The zero-order chi connectivity index (χ0) is 20.1. The molecule has 0 bridgehead atoms. The third kappa shape index (κ3) is 5.16. The Balaban J connectivity index is 2.28. The van der Waals surface area contributed by atoms with Crippen LogP contribution in [0.4, 0.5) is 11.4 Å². The molecule has 3 atom stereocenters. The molecule has 1 aromatic carbocycles. The van der Waals surface area contributed by atoms with Gasteiger partial charge in [-0.1, -0.05) is 13.8 Å². The van der Waals surface area contributed by atoms with Gasteiger partial charge in [-0.15, -0.1) is 0 Å². The Hall–Kier alpha value is -2.68. The van der Waals surface area contributed by atoms with Crippen molar-refractivity contribution < 1.29 is 24.4 Å². The van der Waals surface area contributed by atoms with Gasteiger partial charge in [0.05, 0.1) is 11.5 Å². The Kier molecular flexibility index (Phi) is 6.73. The lowest BCUT2D eigenvalue weighted by Crippen LogP contribution is -2.43. The third-order valence-electron chi connectivity index (χ3n) is 4.58. The van der Waals surface area contributed by atoms with Crippen LogP contribution < -0.4 is 10.2 Å². The van der Waals surface area contributed by atoms with Gasteiger partial charge >= 0.3 is 5.97 Å². The number of nitro benzene ring substituents is 1. The number of nitro groups is 1. The van der Waals surface area contributed by atoms with E-state index in [1.165, 1.54) is 19.2 Å². The first-order valence-electron chi connectivity index (χ1n) is 8.78. The molecule has 3 unspecified atom stereocenters. The minimum Gasteiger partial charge on any atom is -0.480 e. The van der Waals surface area contributed by atoms with Gasteiger partial charge in [0.1, 0.15) is 5.69 Å². The molecule has 0 aliphatic carbocycles. The Bertz CT molecular complexity index is 713. The summed E-state index contributed by atoms with van der Waals surface area (Å²) in [5, 5.41) is 23.0. The summed E-state index contributed by atoms with van der Waals surface area (Å²) in [5.74, 6) is -1.11. The van der Waals surface area contributed by atoms with Crippen LogP contribution in [0.25, 0.3) is 0 Å². The number of piperidine rings is 1. The molecule has 1 aliphatic heterocycles. The van der Waals surface area contributed by atoms with Gasteiger partial charge in [0.25, 0.3) is 11.6 Å². The average molecular weight is 379 g/mol. The van der Waals surface area contributed by atoms with Crippen LogP contribution in [-0.2, 0) is 9.53 Å². The van der Waals surface area contributed by atoms with E-state index in [2.05, 4.69) is 19.2 Å². The number of hydrogen-bond acceptors (Lipinski definition) is 6. The van der Waals surface area contributed by atoms with Crippen molar-refractivity contribution in [3.05, 3.63) is 33.9 Å². The van der Waals surface area contributed by atoms with E-state index in [4.69, 9.17) is 9.84 Å². The number of nitrogens with zero attached hydrogens (tertiary/aromatic N) is 2. The Morgan fingerprint density at radius 2 is 2.00 bits per heavy atom. The number of methoxy groups -OCH3 is 1. The Morgan fingerprint density at radius 1 is 1.37 bits per heavy atom. The zero-order valence-electron chi connectivity index (χ0n) is 15.7. The summed E-state index contributed by atoms with van der Waals surface area (Å²) < 4.78 is 4.77. The maximum absolute atomic E-state index is 12.3. The highest BCUT2D eigenvalue weighted by Crippen LogP contribution is 2.33. The van der Waals surface area contributed by atoms with Gasteiger partial charge in [-0.2, -0.15) is 0 Å². The van der Waals surface area contributed by atoms with E-state index in [1.54, 1.807) is 6.07 Å². The second-order valence-corrected chi connectivity index (χ2v) is 7.13. The van der Waals surface area contributed by atoms with Crippen LogP contribution in [-0.4, -0.2) is 54.8 Å². The van der Waals surface area contributed by atoms with Gasteiger partial charge in [-0.3, -0.25) is 14.9 Å². The molecular weight excluding hydrogens is 354 g/mol. The van der Waals surface area contributed by atoms with Crippen LogP contribution in [0.15, 0.2) is 18.2 Å². The van der Waals surface area contributed by atoms with Crippen molar-refractivity contribution in [2.75, 3.05) is 31.7 Å². The molecule has 0 spiro atoms. The number of aliphatic carboxylic acids is 1. The largest absolute Gasteiger partial charge is 0.480 e. The van der Waals surface area contributed by atoms with Crippen molar-refractivity contribution in [1.29, 1.82) is 0 Å². The summed E-state index contributed by atoms with van der Waals surface area (Å²) in [6, 6.07) is 3.00. The van der Waals surface area contributed by atoms with E-state index in [0.717, 1.165) is 6.42 Å². The van der Waals surface area contributed by atoms with Crippen molar-refractivity contribution >= 4 is 23.3 Å². The number of nitrogens with one attached hydrogen (secondary N) is 1. The fourth-order valence-electron chi connectivity index (χ4n) is 3.52. The van der Waals surface area contributed by atoms with Crippen LogP contribution in [0.5, 0.6) is 0 Å². The van der Waals surface area contributed by atoms with Gasteiger partial charge in [0.15, 0.2) is 6.04 Å². The monoisotopic (exact) mass is 379 g/mol. The highest BCUT2D eigenvalue weighted by Gasteiger charge is 2.28. The average Bonchev–Trinajstić information content (AvgIpc) is 2.59. The first-order valence-corrected chi connectivity index (χ1v) is 8.78. The predicted octanol–water partition coefficient (Wildman–Crippen LogP) is 1.91. The minimum absolute atomic E-state index is 0.0332. The second-order valence-electron chi connectivity index (χ2n) is 7.13. The lowest BCUT2D eigenvalue weighted by Gasteiger charge is -2.36. The summed E-state index contributed by atoms with van der Waals surface area (Å²) in [6.07, 6.45) is 1.07. The van der Waals surface area contributed by atoms with Crippen LogP contribution in [0.3, 0.4) is 0 Å². The highest BCUT2D eigenvalue weighted by atomic mass is 16.6. The molecule has 2 rings (SSSR count). The number of ether oxygens (including phenoxy) is 1. The third-order valence-corrected chi connectivity index (χ3v) is 4.58. The molecule has 1 aliphatic rings. The van der Waals surface area contributed by atoms with Gasteiger partial charge in [0, 0.05) is 31.8 Å². The predicted molar refractivity (Wildman–Crippen MR) is 99.0 cm³/mol. The highest BCUT2D eigenvalue weighted by molar-refractivity contribution is 5.98. The van der Waals surface area contributed by atoms with E-state index in [-0.39, 0.29) is 17.9 Å². The molecule has 0 saturated carbocycles. The summed E-state index contributed by atoms with van der Waals surface area (Å²) in [7, 11) is 1.32. The van der Waals surface area contributed by atoms with Crippen LogP contribution >= 0.6 is 0 Å². The van der Waals surface area contributed by atoms with E-state index in [1.807, 2.05) is 4.90 Å². The van der Waals surface area contributed by atoms with Gasteiger partial charge in [-0.05, 0) is 30.4 Å². The molecule has 1 fully saturated rings.